The molecular weight excluding hydrogens is 340 g/mol. The van der Waals surface area contributed by atoms with Crippen LogP contribution in [0.25, 0.3) is 23.3 Å². The second-order valence-electron chi connectivity index (χ2n) is 9.43. The molecule has 0 fully saturated rings. The van der Waals surface area contributed by atoms with Gasteiger partial charge in [0.2, 0.25) is 0 Å². The van der Waals surface area contributed by atoms with E-state index in [1.54, 1.807) is 0 Å². The van der Waals surface area contributed by atoms with Gasteiger partial charge in [-0.05, 0) is 54.5 Å². The second kappa shape index (κ2) is 7.75. The second-order valence-corrected chi connectivity index (χ2v) is 9.43. The van der Waals surface area contributed by atoms with Crippen LogP contribution in [-0.4, -0.2) is 0 Å². The van der Waals surface area contributed by atoms with Gasteiger partial charge in [-0.25, -0.2) is 4.42 Å². The van der Waals surface area contributed by atoms with Crippen molar-refractivity contribution in [3.8, 4) is 11.1 Å². The molecule has 28 heavy (non-hydrogen) atoms. The molecule has 0 aliphatic carbocycles. The van der Waals surface area contributed by atoms with Crippen molar-refractivity contribution in [1.82, 2.24) is 0 Å². The van der Waals surface area contributed by atoms with Gasteiger partial charge in [0.05, 0.1) is 5.41 Å². The van der Waals surface area contributed by atoms with Gasteiger partial charge in [-0.15, -0.1) is 0 Å². The minimum atomic E-state index is -0.0266. The normalized spacial score (nSPS) is 12.5. The van der Waals surface area contributed by atoms with Crippen molar-refractivity contribution in [3.63, 3.8) is 0 Å². The Morgan fingerprint density at radius 2 is 1.25 bits per heavy atom. The van der Waals surface area contributed by atoms with E-state index in [1.165, 1.54) is 16.7 Å². The standard InChI is InChI=1S/C27H31O/c1-26(2,3)23-18-24(28-25(19-23)27(4,5)6)17-14-20-12-15-22(16-13-20)21-10-8-7-9-11-21/h7-19H,1-6H3/q+1/b17-14+. The average Bonchev–Trinajstić information content (AvgIpc) is 2.66. The van der Waals surface area contributed by atoms with Crippen molar-refractivity contribution >= 4 is 12.2 Å². The monoisotopic (exact) mass is 371 g/mol. The predicted molar refractivity (Wildman–Crippen MR) is 121 cm³/mol. The molecule has 1 nitrogen and oxygen atoms in total. The molecule has 0 unspecified atom stereocenters. The van der Waals surface area contributed by atoms with Crippen LogP contribution in [0, 0.1) is 0 Å². The molecule has 0 amide bonds. The van der Waals surface area contributed by atoms with Crippen LogP contribution in [0.4, 0.5) is 0 Å². The lowest BCUT2D eigenvalue weighted by Gasteiger charge is -2.19. The molecule has 0 aliphatic heterocycles. The summed E-state index contributed by atoms with van der Waals surface area (Å²) in [5, 5.41) is 0. The Kier molecular flexibility index (Phi) is 5.56. The summed E-state index contributed by atoms with van der Waals surface area (Å²) in [6.07, 6.45) is 4.19. The summed E-state index contributed by atoms with van der Waals surface area (Å²) in [6, 6.07) is 23.4. The molecule has 0 radical (unpaired) electrons. The molecule has 0 saturated heterocycles. The summed E-state index contributed by atoms with van der Waals surface area (Å²) in [5.41, 5.74) is 4.97. The van der Waals surface area contributed by atoms with E-state index in [0.717, 1.165) is 17.1 Å². The average molecular weight is 372 g/mol. The van der Waals surface area contributed by atoms with Crippen molar-refractivity contribution in [3.05, 3.63) is 89.4 Å². The van der Waals surface area contributed by atoms with E-state index >= 15 is 0 Å². The third-order valence-electron chi connectivity index (χ3n) is 4.88. The summed E-state index contributed by atoms with van der Waals surface area (Å²) in [6.45, 7) is 13.3. The molecule has 3 rings (SSSR count). The Morgan fingerprint density at radius 3 is 1.82 bits per heavy atom. The fraction of sp³-hybridized carbons (Fsp3) is 0.296. The molecule has 2 aromatic carbocycles. The largest absolute Gasteiger partial charge is 0.353 e. The number of hydrogen-bond acceptors (Lipinski definition) is 0. The molecule has 1 heterocycles. The molecule has 0 saturated carbocycles. The minimum Gasteiger partial charge on any atom is -0.212 e. The Bertz CT molecular complexity index is 918. The number of hydrogen-bond donors (Lipinski definition) is 0. The maximum atomic E-state index is 6.21. The van der Waals surface area contributed by atoms with E-state index in [9.17, 15) is 0 Å². The van der Waals surface area contributed by atoms with Crippen molar-refractivity contribution in [2.75, 3.05) is 0 Å². The van der Waals surface area contributed by atoms with Gasteiger partial charge in [-0.2, -0.15) is 0 Å². The zero-order chi connectivity index (χ0) is 20.4. The van der Waals surface area contributed by atoms with Crippen molar-refractivity contribution in [2.24, 2.45) is 0 Å². The fourth-order valence-electron chi connectivity index (χ4n) is 3.00. The first-order valence-electron chi connectivity index (χ1n) is 9.96. The molecule has 0 N–H and O–H groups in total. The van der Waals surface area contributed by atoms with Gasteiger partial charge >= 0.3 is 11.5 Å². The Hall–Kier alpha value is -2.67. The van der Waals surface area contributed by atoms with Crippen LogP contribution in [0.5, 0.6) is 0 Å². The molecule has 0 atom stereocenters. The summed E-state index contributed by atoms with van der Waals surface area (Å²) < 4.78 is 6.21. The molecule has 144 valence electrons. The molecule has 0 bridgehead atoms. The van der Waals surface area contributed by atoms with Crippen LogP contribution in [0.3, 0.4) is 0 Å². The van der Waals surface area contributed by atoms with Gasteiger partial charge in [-0.1, -0.05) is 75.4 Å². The molecular formula is C27H31O+. The van der Waals surface area contributed by atoms with Gasteiger partial charge in [0.15, 0.2) is 0 Å². The first-order chi connectivity index (χ1) is 13.1. The quantitative estimate of drug-likeness (QED) is 0.425. The SMILES string of the molecule is CC(C)(C)c1cc(/C=C/c2ccc(-c3ccccc3)cc2)[o+]c(C(C)(C)C)c1. The minimum absolute atomic E-state index is 0.0266. The summed E-state index contributed by atoms with van der Waals surface area (Å²) >= 11 is 0. The van der Waals surface area contributed by atoms with Gasteiger partial charge in [0.25, 0.3) is 0 Å². The van der Waals surface area contributed by atoms with Gasteiger partial charge in [0.1, 0.15) is 0 Å². The molecule has 3 aromatic rings. The van der Waals surface area contributed by atoms with E-state index in [1.807, 2.05) is 6.07 Å². The summed E-state index contributed by atoms with van der Waals surface area (Å²) in [7, 11) is 0. The number of rotatable bonds is 3. The topological polar surface area (TPSA) is 11.3 Å². The van der Waals surface area contributed by atoms with Crippen LogP contribution in [0.2, 0.25) is 0 Å². The van der Waals surface area contributed by atoms with Gasteiger partial charge < -0.3 is 0 Å². The maximum Gasteiger partial charge on any atom is 0.353 e. The highest BCUT2D eigenvalue weighted by atomic mass is 16.3. The third-order valence-corrected chi connectivity index (χ3v) is 4.88. The highest BCUT2D eigenvalue weighted by molar-refractivity contribution is 5.71. The van der Waals surface area contributed by atoms with Gasteiger partial charge in [0, 0.05) is 18.2 Å². The molecule has 1 heteroatoms. The Labute approximate surface area is 169 Å². The van der Waals surface area contributed by atoms with E-state index in [-0.39, 0.29) is 10.8 Å². The van der Waals surface area contributed by atoms with Crippen LogP contribution in [-0.2, 0) is 10.8 Å². The van der Waals surface area contributed by atoms with Crippen molar-refractivity contribution in [2.45, 2.75) is 52.4 Å². The lowest BCUT2D eigenvalue weighted by Crippen LogP contribution is -2.16. The summed E-state index contributed by atoms with van der Waals surface area (Å²) in [5.74, 6) is 1.91. The first-order valence-corrected chi connectivity index (χ1v) is 9.96. The maximum absolute atomic E-state index is 6.21. The van der Waals surface area contributed by atoms with Crippen LogP contribution in [0.1, 0.15) is 64.2 Å². The third kappa shape index (κ3) is 4.98. The van der Waals surface area contributed by atoms with Crippen LogP contribution < -0.4 is 0 Å². The predicted octanol–water partition coefficient (Wildman–Crippen LogP) is 7.99. The lowest BCUT2D eigenvalue weighted by molar-refractivity contribution is 0.387. The van der Waals surface area contributed by atoms with Crippen LogP contribution >= 0.6 is 0 Å². The Morgan fingerprint density at radius 1 is 0.643 bits per heavy atom. The lowest BCUT2D eigenvalue weighted by atomic mass is 9.84. The fourth-order valence-corrected chi connectivity index (χ4v) is 3.00. The van der Waals surface area contributed by atoms with Crippen molar-refractivity contribution < 1.29 is 4.42 Å². The first kappa shape index (κ1) is 20.1. The van der Waals surface area contributed by atoms with E-state index < -0.39 is 0 Å². The summed E-state index contributed by atoms with van der Waals surface area (Å²) in [4.78, 5) is 0. The zero-order valence-electron chi connectivity index (χ0n) is 17.9. The van der Waals surface area contributed by atoms with E-state index in [4.69, 9.17) is 4.42 Å². The highest BCUT2D eigenvalue weighted by Crippen LogP contribution is 2.31. The Balaban J connectivity index is 1.89. The van der Waals surface area contributed by atoms with Crippen LogP contribution in [0.15, 0.2) is 71.1 Å². The highest BCUT2D eigenvalue weighted by Gasteiger charge is 2.30. The van der Waals surface area contributed by atoms with Gasteiger partial charge in [-0.3, -0.25) is 0 Å². The van der Waals surface area contributed by atoms with E-state index in [0.29, 0.717) is 0 Å². The smallest absolute Gasteiger partial charge is 0.212 e. The zero-order valence-corrected chi connectivity index (χ0v) is 17.9. The van der Waals surface area contributed by atoms with E-state index in [2.05, 4.69) is 114 Å². The molecule has 0 spiro atoms. The molecule has 1 aromatic heterocycles. The number of benzene rings is 2. The van der Waals surface area contributed by atoms with Crippen molar-refractivity contribution in [1.29, 1.82) is 0 Å². The molecule has 0 aliphatic rings.